The number of hydrogen-bond acceptors (Lipinski definition) is 3. The largest absolute Gasteiger partial charge is 0.456 e. The molecule has 0 saturated carbocycles. The summed E-state index contributed by atoms with van der Waals surface area (Å²) in [5.41, 5.74) is 4.13. The van der Waals surface area contributed by atoms with Gasteiger partial charge in [0.2, 0.25) is 0 Å². The summed E-state index contributed by atoms with van der Waals surface area (Å²) in [5.74, 6) is 0.170. The first-order chi connectivity index (χ1) is 11.6. The van der Waals surface area contributed by atoms with Gasteiger partial charge in [-0.3, -0.25) is 0 Å². The van der Waals surface area contributed by atoms with E-state index in [1.807, 2.05) is 68.4 Å². The molecule has 0 unspecified atom stereocenters. The fourth-order valence-corrected chi connectivity index (χ4v) is 2.89. The summed E-state index contributed by atoms with van der Waals surface area (Å²) in [6.45, 7) is 3.86. The van der Waals surface area contributed by atoms with Crippen LogP contribution in [-0.4, -0.2) is 5.97 Å². The van der Waals surface area contributed by atoms with Crippen LogP contribution in [0.3, 0.4) is 0 Å². The molecule has 0 aliphatic heterocycles. The fraction of sp³-hybridized carbons (Fsp3) is 0.0952. The van der Waals surface area contributed by atoms with Gasteiger partial charge in [0.15, 0.2) is 0 Å². The van der Waals surface area contributed by atoms with Gasteiger partial charge in [-0.25, -0.2) is 4.79 Å². The minimum absolute atomic E-state index is 0.344. The number of furan rings is 1. The van der Waals surface area contributed by atoms with Crippen LogP contribution in [0, 0.1) is 13.8 Å². The third kappa shape index (κ3) is 2.44. The topological polar surface area (TPSA) is 39.4 Å². The molecule has 0 atom stereocenters. The Labute approximate surface area is 139 Å². The molecule has 0 radical (unpaired) electrons. The van der Waals surface area contributed by atoms with Crippen molar-refractivity contribution in [3.05, 3.63) is 77.4 Å². The average Bonchev–Trinajstić information content (AvgIpc) is 2.95. The van der Waals surface area contributed by atoms with Crippen molar-refractivity contribution < 1.29 is 13.9 Å². The van der Waals surface area contributed by atoms with Crippen molar-refractivity contribution in [2.24, 2.45) is 0 Å². The molecule has 3 heteroatoms. The molecule has 1 heterocycles. The quantitative estimate of drug-likeness (QED) is 0.366. The molecule has 0 aliphatic rings. The molecule has 0 fully saturated rings. The number of fused-ring (bicyclic) bond motifs is 3. The number of rotatable bonds is 2. The van der Waals surface area contributed by atoms with Gasteiger partial charge in [0.05, 0.1) is 5.56 Å². The minimum Gasteiger partial charge on any atom is -0.456 e. The first-order valence-corrected chi connectivity index (χ1v) is 7.82. The van der Waals surface area contributed by atoms with E-state index in [1.54, 1.807) is 6.07 Å². The molecule has 4 rings (SSSR count). The summed E-state index contributed by atoms with van der Waals surface area (Å²) in [6, 6.07) is 19.0. The summed E-state index contributed by atoms with van der Waals surface area (Å²) in [7, 11) is 0. The maximum absolute atomic E-state index is 12.5. The fourth-order valence-electron chi connectivity index (χ4n) is 2.89. The maximum atomic E-state index is 12.5. The van der Waals surface area contributed by atoms with E-state index in [0.717, 1.165) is 33.1 Å². The minimum atomic E-state index is -0.344. The molecule has 24 heavy (non-hydrogen) atoms. The number of benzene rings is 3. The predicted octanol–water partition coefficient (Wildman–Crippen LogP) is 5.42. The average molecular weight is 316 g/mol. The highest BCUT2D eigenvalue weighted by atomic mass is 16.5. The molecule has 1 aromatic heterocycles. The van der Waals surface area contributed by atoms with Crippen molar-refractivity contribution in [3.63, 3.8) is 0 Å². The lowest BCUT2D eigenvalue weighted by Crippen LogP contribution is -2.10. The molecule has 4 aromatic rings. The maximum Gasteiger partial charge on any atom is 0.343 e. The molecule has 0 bridgehead atoms. The van der Waals surface area contributed by atoms with E-state index >= 15 is 0 Å². The molecule has 3 nitrogen and oxygen atoms in total. The van der Waals surface area contributed by atoms with E-state index in [9.17, 15) is 4.79 Å². The third-order valence-corrected chi connectivity index (χ3v) is 4.17. The monoisotopic (exact) mass is 316 g/mol. The number of esters is 1. The Morgan fingerprint density at radius 1 is 0.875 bits per heavy atom. The Morgan fingerprint density at radius 2 is 1.67 bits per heavy atom. The second kappa shape index (κ2) is 5.53. The zero-order valence-corrected chi connectivity index (χ0v) is 13.5. The summed E-state index contributed by atoms with van der Waals surface area (Å²) >= 11 is 0. The number of carbonyl (C=O) groups is 1. The Balaban J connectivity index is 1.73. The molecule has 0 aliphatic carbocycles. The van der Waals surface area contributed by atoms with Crippen LogP contribution in [0.25, 0.3) is 21.9 Å². The molecular formula is C21H16O3. The summed E-state index contributed by atoms with van der Waals surface area (Å²) in [4.78, 5) is 12.5. The van der Waals surface area contributed by atoms with Gasteiger partial charge in [-0.05, 0) is 49.7 Å². The lowest BCUT2D eigenvalue weighted by Gasteiger charge is -2.07. The zero-order chi connectivity index (χ0) is 16.7. The first kappa shape index (κ1) is 14.5. The van der Waals surface area contributed by atoms with E-state index in [-0.39, 0.29) is 5.97 Å². The van der Waals surface area contributed by atoms with E-state index in [2.05, 4.69) is 0 Å². The molecule has 0 saturated heterocycles. The number of carbonyl (C=O) groups excluding carboxylic acids is 1. The van der Waals surface area contributed by atoms with E-state index in [1.165, 1.54) is 0 Å². The van der Waals surface area contributed by atoms with Crippen LogP contribution in [0.5, 0.6) is 5.75 Å². The lowest BCUT2D eigenvalue weighted by atomic mass is 10.1. The highest BCUT2D eigenvalue weighted by molar-refractivity contribution is 6.05. The molecule has 3 aromatic carbocycles. The molecule has 0 amide bonds. The number of ether oxygens (including phenoxy) is 1. The van der Waals surface area contributed by atoms with Crippen LogP contribution < -0.4 is 4.74 Å². The van der Waals surface area contributed by atoms with Gasteiger partial charge in [-0.2, -0.15) is 0 Å². The SMILES string of the molecule is Cc1ccc(C)c(C(=O)Oc2ccc3oc4ccccc4c3c2)c1. The van der Waals surface area contributed by atoms with Crippen molar-refractivity contribution in [1.29, 1.82) is 0 Å². The van der Waals surface area contributed by atoms with E-state index < -0.39 is 0 Å². The summed E-state index contributed by atoms with van der Waals surface area (Å²) in [6.07, 6.45) is 0. The van der Waals surface area contributed by atoms with Crippen molar-refractivity contribution >= 4 is 27.9 Å². The van der Waals surface area contributed by atoms with Gasteiger partial charge >= 0.3 is 5.97 Å². The van der Waals surface area contributed by atoms with Crippen LogP contribution in [-0.2, 0) is 0 Å². The van der Waals surface area contributed by atoms with Gasteiger partial charge in [0.1, 0.15) is 16.9 Å². The molecule has 118 valence electrons. The smallest absolute Gasteiger partial charge is 0.343 e. The number of hydrogen-bond donors (Lipinski definition) is 0. The number of para-hydroxylation sites is 1. The zero-order valence-electron chi connectivity index (χ0n) is 13.5. The lowest BCUT2D eigenvalue weighted by molar-refractivity contribution is 0.0734. The molecule has 0 N–H and O–H groups in total. The van der Waals surface area contributed by atoms with Crippen LogP contribution in [0.4, 0.5) is 0 Å². The second-order valence-corrected chi connectivity index (χ2v) is 5.96. The predicted molar refractivity (Wildman–Crippen MR) is 94.6 cm³/mol. The molecule has 0 spiro atoms. The van der Waals surface area contributed by atoms with Gasteiger partial charge in [0, 0.05) is 10.8 Å². The van der Waals surface area contributed by atoms with Crippen LogP contribution >= 0.6 is 0 Å². The standard InChI is InChI=1S/C21H16O3/c1-13-7-8-14(2)17(11-13)21(22)23-15-9-10-20-18(12-15)16-5-3-4-6-19(16)24-20/h3-12H,1-2H3. The second-order valence-electron chi connectivity index (χ2n) is 5.96. The van der Waals surface area contributed by atoms with E-state index in [0.29, 0.717) is 11.3 Å². The number of aryl methyl sites for hydroxylation is 2. The van der Waals surface area contributed by atoms with Crippen molar-refractivity contribution in [2.75, 3.05) is 0 Å². The molecular weight excluding hydrogens is 300 g/mol. The summed E-state index contributed by atoms with van der Waals surface area (Å²) < 4.78 is 11.4. The first-order valence-electron chi connectivity index (χ1n) is 7.82. The van der Waals surface area contributed by atoms with Crippen LogP contribution in [0.15, 0.2) is 65.1 Å². The summed E-state index contributed by atoms with van der Waals surface area (Å²) in [5, 5.41) is 1.95. The Kier molecular flexibility index (Phi) is 3.35. The third-order valence-electron chi connectivity index (χ3n) is 4.17. The van der Waals surface area contributed by atoms with Crippen molar-refractivity contribution in [1.82, 2.24) is 0 Å². The Hall–Kier alpha value is -3.07. The van der Waals surface area contributed by atoms with Gasteiger partial charge in [-0.1, -0.05) is 35.9 Å². The Bertz CT molecular complexity index is 1070. The van der Waals surface area contributed by atoms with E-state index in [4.69, 9.17) is 9.15 Å². The van der Waals surface area contributed by atoms with Gasteiger partial charge in [-0.15, -0.1) is 0 Å². The normalized spacial score (nSPS) is 11.1. The van der Waals surface area contributed by atoms with Crippen LogP contribution in [0.1, 0.15) is 21.5 Å². The van der Waals surface area contributed by atoms with Gasteiger partial charge in [0.25, 0.3) is 0 Å². The highest BCUT2D eigenvalue weighted by Crippen LogP contribution is 2.31. The van der Waals surface area contributed by atoms with Crippen molar-refractivity contribution in [2.45, 2.75) is 13.8 Å². The van der Waals surface area contributed by atoms with Gasteiger partial charge < -0.3 is 9.15 Å². The van der Waals surface area contributed by atoms with Crippen molar-refractivity contribution in [3.8, 4) is 5.75 Å². The van der Waals surface area contributed by atoms with Crippen LogP contribution in [0.2, 0.25) is 0 Å². The Morgan fingerprint density at radius 3 is 2.54 bits per heavy atom. The highest BCUT2D eigenvalue weighted by Gasteiger charge is 2.13.